The summed E-state index contributed by atoms with van der Waals surface area (Å²) in [5.41, 5.74) is 4.47. The molecule has 0 fully saturated rings. The van der Waals surface area contributed by atoms with E-state index in [-0.39, 0.29) is 23.9 Å². The first-order chi connectivity index (χ1) is 18.4. The van der Waals surface area contributed by atoms with Gasteiger partial charge in [-0.3, -0.25) is 4.79 Å². The Balaban J connectivity index is 1.34. The van der Waals surface area contributed by atoms with E-state index in [1.807, 2.05) is 37.6 Å². The van der Waals surface area contributed by atoms with Gasteiger partial charge in [-0.2, -0.15) is 0 Å². The standard InChI is InChI=1S/C28H26FN5O3S/c1-15-19-10-20-23(37-25(24(20)28(35)30-2)16-4-6-17(29)7-5-16)11-22(19)34(3)13-18(36-15)12-31-27-26-21(8-9-38-26)32-14-33-27/h4-11,14-15,18H,12-13H2,1-3H3,(H,30,35)(H,31,32,33)/t15-,18+/m0/s1. The lowest BCUT2D eigenvalue weighted by Crippen LogP contribution is -2.34. The van der Waals surface area contributed by atoms with Gasteiger partial charge in [0.2, 0.25) is 0 Å². The minimum atomic E-state index is -0.353. The van der Waals surface area contributed by atoms with Crippen LogP contribution in [0.1, 0.15) is 28.9 Å². The molecule has 2 atom stereocenters. The summed E-state index contributed by atoms with van der Waals surface area (Å²) in [5.74, 6) is 0.578. The minimum Gasteiger partial charge on any atom is -0.455 e. The molecule has 1 amide bonds. The van der Waals surface area contributed by atoms with Gasteiger partial charge in [0.15, 0.2) is 0 Å². The lowest BCUT2D eigenvalue weighted by molar-refractivity contribution is 0.0135. The Labute approximate surface area is 222 Å². The number of benzene rings is 2. The quantitative estimate of drug-likeness (QED) is 0.305. The van der Waals surface area contributed by atoms with E-state index >= 15 is 0 Å². The predicted octanol–water partition coefficient (Wildman–Crippen LogP) is 5.61. The third-order valence-corrected chi connectivity index (χ3v) is 7.77. The molecule has 8 nitrogen and oxygen atoms in total. The Morgan fingerprint density at radius 1 is 1.21 bits per heavy atom. The van der Waals surface area contributed by atoms with E-state index in [1.165, 1.54) is 12.1 Å². The minimum absolute atomic E-state index is 0.119. The third-order valence-electron chi connectivity index (χ3n) is 6.86. The number of halogens is 1. The molecule has 0 spiro atoms. The van der Waals surface area contributed by atoms with E-state index < -0.39 is 0 Å². The molecule has 194 valence electrons. The Kier molecular flexibility index (Phi) is 6.21. The second-order valence-corrected chi connectivity index (χ2v) is 10.2. The number of anilines is 2. The molecule has 6 rings (SSSR count). The van der Waals surface area contributed by atoms with E-state index in [1.54, 1.807) is 36.8 Å². The molecular formula is C28H26FN5O3S. The van der Waals surface area contributed by atoms with E-state index in [0.717, 1.165) is 27.3 Å². The Morgan fingerprint density at radius 2 is 2.03 bits per heavy atom. The van der Waals surface area contributed by atoms with Gasteiger partial charge in [-0.1, -0.05) is 0 Å². The SMILES string of the molecule is CNC(=O)c1c(-c2ccc(F)cc2)oc2cc3c(cc12)[C@H](C)O[C@H](CNc1ncnc2ccsc12)CN3C. The van der Waals surface area contributed by atoms with Crippen LogP contribution in [0.25, 0.3) is 32.5 Å². The highest BCUT2D eigenvalue weighted by atomic mass is 32.1. The zero-order valence-corrected chi connectivity index (χ0v) is 21.9. The second-order valence-electron chi connectivity index (χ2n) is 9.32. The summed E-state index contributed by atoms with van der Waals surface area (Å²) in [5, 5.41) is 8.84. The molecule has 38 heavy (non-hydrogen) atoms. The highest BCUT2D eigenvalue weighted by Gasteiger charge is 2.29. The summed E-state index contributed by atoms with van der Waals surface area (Å²) < 4.78 is 27.3. The summed E-state index contributed by atoms with van der Waals surface area (Å²) in [4.78, 5) is 23.8. The van der Waals surface area contributed by atoms with Gasteiger partial charge >= 0.3 is 0 Å². The number of fused-ring (bicyclic) bond motifs is 3. The van der Waals surface area contributed by atoms with Crippen molar-refractivity contribution in [2.45, 2.75) is 19.1 Å². The first-order valence-electron chi connectivity index (χ1n) is 12.3. The van der Waals surface area contributed by atoms with Crippen LogP contribution >= 0.6 is 11.3 Å². The first kappa shape index (κ1) is 24.3. The number of thiophene rings is 1. The molecule has 1 aliphatic rings. The average Bonchev–Trinajstić information content (AvgIpc) is 3.53. The Bertz CT molecular complexity index is 1650. The monoisotopic (exact) mass is 531 g/mol. The molecule has 0 unspecified atom stereocenters. The van der Waals surface area contributed by atoms with Crippen molar-refractivity contribution in [3.63, 3.8) is 0 Å². The average molecular weight is 532 g/mol. The maximum atomic E-state index is 13.6. The molecule has 0 bridgehead atoms. The Hall–Kier alpha value is -4.02. The van der Waals surface area contributed by atoms with Gasteiger partial charge in [0.25, 0.3) is 5.91 Å². The molecule has 2 aromatic carbocycles. The smallest absolute Gasteiger partial charge is 0.255 e. The van der Waals surface area contributed by atoms with E-state index in [2.05, 4.69) is 25.5 Å². The van der Waals surface area contributed by atoms with Crippen LogP contribution < -0.4 is 15.5 Å². The molecule has 5 aromatic rings. The van der Waals surface area contributed by atoms with E-state index in [9.17, 15) is 9.18 Å². The molecule has 4 heterocycles. The van der Waals surface area contributed by atoms with Crippen LogP contribution in [-0.2, 0) is 4.74 Å². The molecule has 3 aromatic heterocycles. The van der Waals surface area contributed by atoms with Crippen molar-refractivity contribution in [2.24, 2.45) is 0 Å². The van der Waals surface area contributed by atoms with Crippen molar-refractivity contribution in [2.75, 3.05) is 37.4 Å². The van der Waals surface area contributed by atoms with Crippen LogP contribution in [0.3, 0.4) is 0 Å². The molecule has 0 saturated carbocycles. The zero-order chi connectivity index (χ0) is 26.4. The molecular weight excluding hydrogens is 505 g/mol. The fourth-order valence-electron chi connectivity index (χ4n) is 5.01. The first-order valence-corrected chi connectivity index (χ1v) is 13.2. The number of rotatable bonds is 5. The van der Waals surface area contributed by atoms with Crippen LogP contribution in [0.2, 0.25) is 0 Å². The van der Waals surface area contributed by atoms with Crippen molar-refractivity contribution >= 4 is 49.9 Å². The number of likely N-dealkylation sites (N-methyl/N-ethyl adjacent to an activating group) is 1. The number of nitrogens with one attached hydrogen (secondary N) is 2. The molecule has 0 radical (unpaired) electrons. The lowest BCUT2D eigenvalue weighted by Gasteiger charge is -2.23. The van der Waals surface area contributed by atoms with Crippen molar-refractivity contribution in [3.05, 3.63) is 71.1 Å². The molecule has 0 saturated heterocycles. The topological polar surface area (TPSA) is 92.5 Å². The van der Waals surface area contributed by atoms with Crippen molar-refractivity contribution in [1.82, 2.24) is 15.3 Å². The zero-order valence-electron chi connectivity index (χ0n) is 21.1. The number of nitrogens with zero attached hydrogens (tertiary/aromatic N) is 3. The molecule has 0 aliphatic carbocycles. The number of carbonyl (C=O) groups is 1. The second kappa shape index (κ2) is 9.70. The summed E-state index contributed by atoms with van der Waals surface area (Å²) in [6.07, 6.45) is 1.21. The maximum absolute atomic E-state index is 13.6. The van der Waals surface area contributed by atoms with Gasteiger partial charge < -0.3 is 24.7 Å². The largest absolute Gasteiger partial charge is 0.455 e. The number of hydrogen-bond donors (Lipinski definition) is 2. The highest BCUT2D eigenvalue weighted by molar-refractivity contribution is 7.17. The van der Waals surface area contributed by atoms with Crippen molar-refractivity contribution in [1.29, 1.82) is 0 Å². The van der Waals surface area contributed by atoms with Gasteiger partial charge in [-0.05, 0) is 48.7 Å². The maximum Gasteiger partial charge on any atom is 0.255 e. The van der Waals surface area contributed by atoms with Crippen LogP contribution in [-0.4, -0.2) is 49.2 Å². The summed E-state index contributed by atoms with van der Waals surface area (Å²) in [6, 6.07) is 11.8. The molecule has 2 N–H and O–H groups in total. The number of furan rings is 1. The Morgan fingerprint density at radius 3 is 2.82 bits per heavy atom. The van der Waals surface area contributed by atoms with Gasteiger partial charge in [0.1, 0.15) is 29.3 Å². The van der Waals surface area contributed by atoms with Gasteiger partial charge in [-0.15, -0.1) is 11.3 Å². The summed E-state index contributed by atoms with van der Waals surface area (Å²) in [7, 11) is 3.60. The summed E-state index contributed by atoms with van der Waals surface area (Å²) >= 11 is 1.60. The number of aromatic nitrogens is 2. The normalized spacial score (nSPS) is 17.4. The van der Waals surface area contributed by atoms with Crippen LogP contribution in [0.4, 0.5) is 15.9 Å². The fraction of sp³-hybridized carbons (Fsp3) is 0.250. The third kappa shape index (κ3) is 4.25. The van der Waals surface area contributed by atoms with Crippen LogP contribution in [0.5, 0.6) is 0 Å². The summed E-state index contributed by atoms with van der Waals surface area (Å²) in [6.45, 7) is 3.23. The highest BCUT2D eigenvalue weighted by Crippen LogP contribution is 2.41. The fourth-order valence-corrected chi connectivity index (χ4v) is 5.82. The molecule has 1 aliphatic heterocycles. The van der Waals surface area contributed by atoms with Gasteiger partial charge in [0, 0.05) is 55.5 Å². The van der Waals surface area contributed by atoms with E-state index in [0.29, 0.717) is 40.9 Å². The van der Waals surface area contributed by atoms with Gasteiger partial charge in [0.05, 0.1) is 28.0 Å². The number of carbonyl (C=O) groups excluding carboxylic acids is 1. The molecule has 10 heteroatoms. The van der Waals surface area contributed by atoms with Crippen LogP contribution in [0.15, 0.2) is 58.6 Å². The van der Waals surface area contributed by atoms with E-state index in [4.69, 9.17) is 9.15 Å². The number of amides is 1. The van der Waals surface area contributed by atoms with Gasteiger partial charge in [-0.25, -0.2) is 14.4 Å². The van der Waals surface area contributed by atoms with Crippen molar-refractivity contribution in [3.8, 4) is 11.3 Å². The van der Waals surface area contributed by atoms with Crippen molar-refractivity contribution < 1.29 is 18.3 Å². The lowest BCUT2D eigenvalue weighted by atomic mass is 10.00. The predicted molar refractivity (Wildman–Crippen MR) is 147 cm³/mol. The number of hydrogen-bond acceptors (Lipinski definition) is 8. The van der Waals surface area contributed by atoms with Crippen LogP contribution in [0, 0.1) is 5.82 Å². The number of ether oxygens (including phenoxy) is 1.